The van der Waals surface area contributed by atoms with Crippen LogP contribution in [0.3, 0.4) is 0 Å². The highest BCUT2D eigenvalue weighted by atomic mass is 32.2. The van der Waals surface area contributed by atoms with Crippen molar-refractivity contribution in [3.63, 3.8) is 0 Å². The Hall–Kier alpha value is -3.27. The van der Waals surface area contributed by atoms with Crippen LogP contribution in [-0.2, 0) is 26.2 Å². The molecule has 0 bridgehead atoms. The van der Waals surface area contributed by atoms with Crippen LogP contribution < -0.4 is 19.1 Å². The first-order chi connectivity index (χ1) is 17.6. The number of carbonyl (C=O) groups excluding carboxylic acids is 2. The van der Waals surface area contributed by atoms with Gasteiger partial charge in [0, 0.05) is 26.1 Å². The standard InChI is InChI=1S/C27H39N3O6S/c1-6-17-28-27(32)21(3)29(20-22-10-8-11-25(19-22)35-4)26(31)12-9-18-30(37(5,33)34)23-13-15-24(16-14-23)36-7-2/h8,10-11,13-16,19,21H,6-7,9,12,17-18,20H2,1-5H3,(H,28,32)/t21-/m0/s1. The van der Waals surface area contributed by atoms with E-state index in [-0.39, 0.29) is 37.7 Å². The molecule has 2 aromatic rings. The summed E-state index contributed by atoms with van der Waals surface area (Å²) in [5.74, 6) is 0.845. The number of rotatable bonds is 15. The fraction of sp³-hybridized carbons (Fsp3) is 0.481. The molecule has 2 aromatic carbocycles. The van der Waals surface area contributed by atoms with Gasteiger partial charge in [-0.15, -0.1) is 0 Å². The van der Waals surface area contributed by atoms with Crippen molar-refractivity contribution in [3.8, 4) is 11.5 Å². The first-order valence-corrected chi connectivity index (χ1v) is 14.4. The molecule has 0 heterocycles. The highest BCUT2D eigenvalue weighted by Gasteiger charge is 2.26. The van der Waals surface area contributed by atoms with Gasteiger partial charge < -0.3 is 19.7 Å². The molecule has 37 heavy (non-hydrogen) atoms. The van der Waals surface area contributed by atoms with E-state index in [1.807, 2.05) is 38.1 Å². The molecule has 10 heteroatoms. The number of carbonyl (C=O) groups is 2. The Morgan fingerprint density at radius 2 is 1.76 bits per heavy atom. The Morgan fingerprint density at radius 1 is 1.05 bits per heavy atom. The summed E-state index contributed by atoms with van der Waals surface area (Å²) in [4.78, 5) is 27.6. The van der Waals surface area contributed by atoms with Crippen LogP contribution in [0.5, 0.6) is 11.5 Å². The molecular formula is C27H39N3O6S. The lowest BCUT2D eigenvalue weighted by Crippen LogP contribution is -2.47. The van der Waals surface area contributed by atoms with Crippen LogP contribution in [-0.4, -0.2) is 64.2 Å². The molecule has 0 aromatic heterocycles. The van der Waals surface area contributed by atoms with Gasteiger partial charge in [0.15, 0.2) is 0 Å². The van der Waals surface area contributed by atoms with Gasteiger partial charge in [-0.25, -0.2) is 8.42 Å². The fourth-order valence-electron chi connectivity index (χ4n) is 3.83. The highest BCUT2D eigenvalue weighted by molar-refractivity contribution is 7.92. The average Bonchev–Trinajstić information content (AvgIpc) is 2.88. The Kier molecular flexibility index (Phi) is 11.7. The monoisotopic (exact) mass is 533 g/mol. The van der Waals surface area contributed by atoms with E-state index in [4.69, 9.17) is 9.47 Å². The Balaban J connectivity index is 2.16. The van der Waals surface area contributed by atoms with Gasteiger partial charge in [0.1, 0.15) is 17.5 Å². The van der Waals surface area contributed by atoms with Crippen LogP contribution in [0, 0.1) is 0 Å². The van der Waals surface area contributed by atoms with E-state index in [0.717, 1.165) is 18.2 Å². The number of hydrogen-bond donors (Lipinski definition) is 1. The van der Waals surface area contributed by atoms with Crippen LogP contribution in [0.4, 0.5) is 5.69 Å². The lowest BCUT2D eigenvalue weighted by Gasteiger charge is -2.29. The van der Waals surface area contributed by atoms with Gasteiger partial charge >= 0.3 is 0 Å². The SMILES string of the molecule is CCCNC(=O)[C@H](C)N(Cc1cccc(OC)c1)C(=O)CCCN(c1ccc(OCC)cc1)S(C)(=O)=O. The van der Waals surface area contributed by atoms with Gasteiger partial charge in [0.05, 0.1) is 25.7 Å². The van der Waals surface area contributed by atoms with Crippen molar-refractivity contribution in [1.29, 1.82) is 0 Å². The number of amides is 2. The molecule has 0 unspecified atom stereocenters. The molecule has 1 N–H and O–H groups in total. The second-order valence-electron chi connectivity index (χ2n) is 8.71. The number of ether oxygens (including phenoxy) is 2. The van der Waals surface area contributed by atoms with E-state index in [1.54, 1.807) is 38.3 Å². The fourth-order valence-corrected chi connectivity index (χ4v) is 4.79. The lowest BCUT2D eigenvalue weighted by atomic mass is 10.1. The van der Waals surface area contributed by atoms with E-state index in [9.17, 15) is 18.0 Å². The molecule has 0 aliphatic rings. The quantitative estimate of drug-likeness (QED) is 0.375. The summed E-state index contributed by atoms with van der Waals surface area (Å²) in [5.41, 5.74) is 1.33. The minimum absolute atomic E-state index is 0.0818. The minimum atomic E-state index is -3.57. The predicted octanol–water partition coefficient (Wildman–Crippen LogP) is 3.58. The van der Waals surface area contributed by atoms with Gasteiger partial charge in [-0.05, 0) is 68.7 Å². The number of methoxy groups -OCH3 is 1. The molecule has 204 valence electrons. The Labute approximate surface area is 220 Å². The first-order valence-electron chi connectivity index (χ1n) is 12.5. The normalized spacial score (nSPS) is 11.9. The summed E-state index contributed by atoms with van der Waals surface area (Å²) < 4.78 is 37.0. The Bertz CT molecular complexity index is 1120. The highest BCUT2D eigenvalue weighted by Crippen LogP contribution is 2.23. The van der Waals surface area contributed by atoms with Crippen molar-refractivity contribution >= 4 is 27.5 Å². The molecule has 9 nitrogen and oxygen atoms in total. The molecule has 0 spiro atoms. The number of sulfonamides is 1. The predicted molar refractivity (Wildman–Crippen MR) is 145 cm³/mol. The number of anilines is 1. The second-order valence-corrected chi connectivity index (χ2v) is 10.6. The third-order valence-corrected chi connectivity index (χ3v) is 6.99. The van der Waals surface area contributed by atoms with Gasteiger partial charge in [-0.2, -0.15) is 0 Å². The topological polar surface area (TPSA) is 105 Å². The van der Waals surface area contributed by atoms with E-state index < -0.39 is 16.1 Å². The van der Waals surface area contributed by atoms with Crippen LogP contribution in [0.15, 0.2) is 48.5 Å². The average molecular weight is 534 g/mol. The van der Waals surface area contributed by atoms with Gasteiger partial charge in [0.2, 0.25) is 21.8 Å². The number of hydrogen-bond acceptors (Lipinski definition) is 6. The maximum Gasteiger partial charge on any atom is 0.242 e. The summed E-state index contributed by atoms with van der Waals surface area (Å²) in [6.45, 7) is 6.93. The van der Waals surface area contributed by atoms with Crippen molar-refractivity contribution in [2.24, 2.45) is 0 Å². The molecule has 0 saturated heterocycles. The minimum Gasteiger partial charge on any atom is -0.497 e. The van der Waals surface area contributed by atoms with Crippen LogP contribution >= 0.6 is 0 Å². The van der Waals surface area contributed by atoms with E-state index >= 15 is 0 Å². The third kappa shape index (κ3) is 9.27. The molecule has 0 radical (unpaired) electrons. The zero-order valence-electron chi connectivity index (χ0n) is 22.4. The van der Waals surface area contributed by atoms with E-state index in [2.05, 4.69) is 5.32 Å². The van der Waals surface area contributed by atoms with Gasteiger partial charge in [-0.3, -0.25) is 13.9 Å². The molecule has 0 aliphatic carbocycles. The van der Waals surface area contributed by atoms with Crippen molar-refractivity contribution < 1.29 is 27.5 Å². The maximum absolute atomic E-state index is 13.3. The van der Waals surface area contributed by atoms with Crippen molar-refractivity contribution in [3.05, 3.63) is 54.1 Å². The number of benzene rings is 2. The summed E-state index contributed by atoms with van der Waals surface area (Å²) >= 11 is 0. The van der Waals surface area contributed by atoms with Crippen molar-refractivity contribution in [2.45, 2.75) is 52.6 Å². The van der Waals surface area contributed by atoms with Crippen LogP contribution in [0.1, 0.15) is 45.6 Å². The summed E-state index contributed by atoms with van der Waals surface area (Å²) in [6, 6.07) is 13.5. The third-order valence-electron chi connectivity index (χ3n) is 5.79. The Morgan fingerprint density at radius 3 is 2.35 bits per heavy atom. The van der Waals surface area contributed by atoms with Gasteiger partial charge in [-0.1, -0.05) is 19.1 Å². The van der Waals surface area contributed by atoms with Crippen molar-refractivity contribution in [2.75, 3.05) is 37.4 Å². The molecule has 2 rings (SSSR count). The van der Waals surface area contributed by atoms with Crippen LogP contribution in [0.25, 0.3) is 0 Å². The smallest absolute Gasteiger partial charge is 0.242 e. The molecule has 0 saturated carbocycles. The zero-order chi connectivity index (χ0) is 27.4. The molecule has 0 fully saturated rings. The summed E-state index contributed by atoms with van der Waals surface area (Å²) in [7, 11) is -2.00. The number of nitrogens with zero attached hydrogens (tertiary/aromatic N) is 2. The number of nitrogens with one attached hydrogen (secondary N) is 1. The summed E-state index contributed by atoms with van der Waals surface area (Å²) in [5, 5.41) is 2.85. The van der Waals surface area contributed by atoms with E-state index in [1.165, 1.54) is 9.21 Å². The zero-order valence-corrected chi connectivity index (χ0v) is 23.2. The lowest BCUT2D eigenvalue weighted by molar-refractivity contribution is -0.140. The molecule has 1 atom stereocenters. The molecular weight excluding hydrogens is 494 g/mol. The summed E-state index contributed by atoms with van der Waals surface area (Å²) in [6.07, 6.45) is 2.30. The molecule has 0 aliphatic heterocycles. The van der Waals surface area contributed by atoms with Crippen LogP contribution in [0.2, 0.25) is 0 Å². The maximum atomic E-state index is 13.3. The second kappa shape index (κ2) is 14.5. The molecule has 2 amide bonds. The largest absolute Gasteiger partial charge is 0.497 e. The first kappa shape index (κ1) is 30.0. The van der Waals surface area contributed by atoms with Crippen molar-refractivity contribution in [1.82, 2.24) is 10.2 Å². The van der Waals surface area contributed by atoms with E-state index in [0.29, 0.717) is 30.3 Å². The van der Waals surface area contributed by atoms with Gasteiger partial charge in [0.25, 0.3) is 0 Å².